The van der Waals surface area contributed by atoms with Crippen LogP contribution >= 0.6 is 22.9 Å². The molecule has 5 nitrogen and oxygen atoms in total. The molecule has 7 heteroatoms. The molecule has 3 rings (SSSR count). The normalized spacial score (nSPS) is 13.5. The quantitative estimate of drug-likeness (QED) is 0.791. The van der Waals surface area contributed by atoms with Crippen LogP contribution in [0, 0.1) is 0 Å². The number of hydrogen-bond acceptors (Lipinski definition) is 4. The molecular weight excluding hydrogens is 370 g/mol. The fraction of sp³-hybridized carbons (Fsp3) is 0.368. The van der Waals surface area contributed by atoms with Crippen molar-refractivity contribution in [1.29, 1.82) is 0 Å². The molecule has 0 unspecified atom stereocenters. The Hall–Kier alpha value is -1.89. The lowest BCUT2D eigenvalue weighted by molar-refractivity contribution is -0.117. The highest BCUT2D eigenvalue weighted by Gasteiger charge is 2.25. The van der Waals surface area contributed by atoms with Gasteiger partial charge in [-0.3, -0.25) is 14.5 Å². The third-order valence-electron chi connectivity index (χ3n) is 4.48. The minimum atomic E-state index is -0.468. The highest BCUT2D eigenvalue weighted by Crippen LogP contribution is 2.37. The monoisotopic (exact) mass is 391 g/mol. The number of carbonyl (C=O) groups is 2. The SMILES string of the molecule is CN(CC(=O)Nc1sc2c(c1C(N)=O)CCCC2)Cc1ccccc1Cl. The Labute approximate surface area is 162 Å². The summed E-state index contributed by atoms with van der Waals surface area (Å²) in [6, 6.07) is 7.57. The number of likely N-dealkylation sites (N-methyl/N-ethyl adjacent to an activating group) is 1. The van der Waals surface area contributed by atoms with Crippen molar-refractivity contribution >= 4 is 39.8 Å². The standard InChI is InChI=1S/C19H22ClN3O2S/c1-23(10-12-6-2-4-8-14(12)20)11-16(24)22-19-17(18(21)25)13-7-3-5-9-15(13)26-19/h2,4,6,8H,3,5,7,9-11H2,1H3,(H2,21,25)(H,22,24). The van der Waals surface area contributed by atoms with Gasteiger partial charge in [0.1, 0.15) is 5.00 Å². The molecule has 0 saturated carbocycles. The van der Waals surface area contributed by atoms with Gasteiger partial charge < -0.3 is 11.1 Å². The molecule has 1 aromatic heterocycles. The summed E-state index contributed by atoms with van der Waals surface area (Å²) in [6.45, 7) is 0.767. The zero-order valence-electron chi connectivity index (χ0n) is 14.7. The van der Waals surface area contributed by atoms with E-state index < -0.39 is 5.91 Å². The Morgan fingerprint density at radius 3 is 2.73 bits per heavy atom. The van der Waals surface area contributed by atoms with Gasteiger partial charge in [-0.15, -0.1) is 11.3 Å². The van der Waals surface area contributed by atoms with Crippen LogP contribution in [0.3, 0.4) is 0 Å². The van der Waals surface area contributed by atoms with Gasteiger partial charge in [-0.2, -0.15) is 0 Å². The number of amides is 2. The largest absolute Gasteiger partial charge is 0.365 e. The molecule has 0 atom stereocenters. The second-order valence-corrected chi connectivity index (χ2v) is 8.10. The van der Waals surface area contributed by atoms with Crippen LogP contribution in [-0.2, 0) is 24.2 Å². The second-order valence-electron chi connectivity index (χ2n) is 6.59. The van der Waals surface area contributed by atoms with Crippen molar-refractivity contribution < 1.29 is 9.59 Å². The maximum Gasteiger partial charge on any atom is 0.251 e. The lowest BCUT2D eigenvalue weighted by atomic mass is 9.95. The lowest BCUT2D eigenvalue weighted by Crippen LogP contribution is -2.30. The lowest BCUT2D eigenvalue weighted by Gasteiger charge is -2.17. The molecule has 2 aromatic rings. The number of halogens is 1. The van der Waals surface area contributed by atoms with E-state index in [9.17, 15) is 9.59 Å². The summed E-state index contributed by atoms with van der Waals surface area (Å²) in [5.41, 5.74) is 8.05. The zero-order chi connectivity index (χ0) is 18.7. The molecule has 0 bridgehead atoms. The van der Waals surface area contributed by atoms with Crippen LogP contribution in [0.25, 0.3) is 0 Å². The fourth-order valence-corrected chi connectivity index (χ4v) is 4.81. The van der Waals surface area contributed by atoms with Gasteiger partial charge in [0, 0.05) is 16.4 Å². The number of hydrogen-bond donors (Lipinski definition) is 2. The second kappa shape index (κ2) is 8.20. The van der Waals surface area contributed by atoms with E-state index in [1.807, 2.05) is 36.2 Å². The van der Waals surface area contributed by atoms with Crippen LogP contribution in [0.1, 0.15) is 39.2 Å². The molecule has 0 radical (unpaired) electrons. The number of nitrogens with two attached hydrogens (primary N) is 1. The minimum absolute atomic E-state index is 0.166. The maximum atomic E-state index is 12.5. The predicted molar refractivity (Wildman–Crippen MR) is 106 cm³/mol. The van der Waals surface area contributed by atoms with E-state index >= 15 is 0 Å². The first-order chi connectivity index (χ1) is 12.5. The molecule has 1 aromatic carbocycles. The van der Waals surface area contributed by atoms with Crippen LogP contribution < -0.4 is 11.1 Å². The number of primary amides is 1. The van der Waals surface area contributed by atoms with E-state index in [0.29, 0.717) is 22.1 Å². The van der Waals surface area contributed by atoms with E-state index in [-0.39, 0.29) is 12.5 Å². The van der Waals surface area contributed by atoms with Crippen LogP contribution in [0.4, 0.5) is 5.00 Å². The number of aryl methyl sites for hydroxylation is 1. The minimum Gasteiger partial charge on any atom is -0.365 e. The van der Waals surface area contributed by atoms with Crippen molar-refractivity contribution in [3.8, 4) is 0 Å². The van der Waals surface area contributed by atoms with Crippen LogP contribution in [0.5, 0.6) is 0 Å². The van der Waals surface area contributed by atoms with Crippen LogP contribution in [0.2, 0.25) is 5.02 Å². The van der Waals surface area contributed by atoms with E-state index in [1.54, 1.807) is 0 Å². The summed E-state index contributed by atoms with van der Waals surface area (Å²) in [5, 5.41) is 4.15. The molecule has 1 heterocycles. The maximum absolute atomic E-state index is 12.5. The van der Waals surface area contributed by atoms with E-state index in [4.69, 9.17) is 17.3 Å². The van der Waals surface area contributed by atoms with Crippen molar-refractivity contribution in [2.45, 2.75) is 32.2 Å². The smallest absolute Gasteiger partial charge is 0.251 e. The predicted octanol–water partition coefficient (Wildman–Crippen LogP) is 3.45. The van der Waals surface area contributed by atoms with Gasteiger partial charge in [-0.25, -0.2) is 0 Å². The summed E-state index contributed by atoms with van der Waals surface area (Å²) in [5.74, 6) is -0.634. The molecule has 1 aliphatic carbocycles. The topological polar surface area (TPSA) is 75.4 Å². The molecule has 0 fully saturated rings. The molecule has 0 saturated heterocycles. The molecular formula is C19H22ClN3O2S. The first kappa shape index (κ1) is 18.9. The highest BCUT2D eigenvalue weighted by molar-refractivity contribution is 7.17. The van der Waals surface area contributed by atoms with Gasteiger partial charge in [0.2, 0.25) is 5.91 Å². The molecule has 0 aliphatic heterocycles. The number of nitrogens with one attached hydrogen (secondary N) is 1. The fourth-order valence-electron chi connectivity index (χ4n) is 3.30. The zero-order valence-corrected chi connectivity index (χ0v) is 16.3. The first-order valence-electron chi connectivity index (χ1n) is 8.62. The Kier molecular flexibility index (Phi) is 5.96. The number of fused-ring (bicyclic) bond motifs is 1. The van der Waals surface area contributed by atoms with Gasteiger partial charge in [0.25, 0.3) is 5.91 Å². The number of nitrogens with zero attached hydrogens (tertiary/aromatic N) is 1. The summed E-state index contributed by atoms with van der Waals surface area (Å²) in [4.78, 5) is 27.4. The summed E-state index contributed by atoms with van der Waals surface area (Å²) in [7, 11) is 1.86. The summed E-state index contributed by atoms with van der Waals surface area (Å²) < 4.78 is 0. The van der Waals surface area contributed by atoms with E-state index in [2.05, 4.69) is 5.32 Å². The Morgan fingerprint density at radius 2 is 2.00 bits per heavy atom. The van der Waals surface area contributed by atoms with Crippen LogP contribution in [-0.4, -0.2) is 30.3 Å². The Balaban J connectivity index is 1.67. The van der Waals surface area contributed by atoms with E-state index in [0.717, 1.165) is 36.8 Å². The van der Waals surface area contributed by atoms with Gasteiger partial charge >= 0.3 is 0 Å². The van der Waals surface area contributed by atoms with Gasteiger partial charge in [-0.1, -0.05) is 29.8 Å². The van der Waals surface area contributed by atoms with Gasteiger partial charge in [-0.05, 0) is 49.9 Å². The molecule has 1 aliphatic rings. The van der Waals surface area contributed by atoms with Crippen molar-refractivity contribution in [1.82, 2.24) is 4.90 Å². The van der Waals surface area contributed by atoms with Crippen molar-refractivity contribution in [3.63, 3.8) is 0 Å². The third kappa shape index (κ3) is 4.26. The van der Waals surface area contributed by atoms with E-state index in [1.165, 1.54) is 16.2 Å². The molecule has 3 N–H and O–H groups in total. The Bertz CT molecular complexity index is 834. The summed E-state index contributed by atoms with van der Waals surface area (Å²) >= 11 is 7.65. The molecule has 2 amide bonds. The molecule has 0 spiro atoms. The van der Waals surface area contributed by atoms with Crippen molar-refractivity contribution in [2.75, 3.05) is 18.9 Å². The average Bonchev–Trinajstić information content (AvgIpc) is 2.94. The van der Waals surface area contributed by atoms with Crippen LogP contribution in [0.15, 0.2) is 24.3 Å². The Morgan fingerprint density at radius 1 is 1.27 bits per heavy atom. The van der Waals surface area contributed by atoms with Crippen molar-refractivity contribution in [3.05, 3.63) is 50.9 Å². The summed E-state index contributed by atoms with van der Waals surface area (Å²) in [6.07, 6.45) is 3.96. The van der Waals surface area contributed by atoms with Gasteiger partial charge in [0.15, 0.2) is 0 Å². The third-order valence-corrected chi connectivity index (χ3v) is 6.06. The molecule has 26 heavy (non-hydrogen) atoms. The number of rotatable bonds is 6. The van der Waals surface area contributed by atoms with Gasteiger partial charge in [0.05, 0.1) is 12.1 Å². The number of carbonyl (C=O) groups excluding carboxylic acids is 2. The van der Waals surface area contributed by atoms with Crippen molar-refractivity contribution in [2.24, 2.45) is 5.73 Å². The number of anilines is 1. The highest BCUT2D eigenvalue weighted by atomic mass is 35.5. The molecule has 138 valence electrons. The first-order valence-corrected chi connectivity index (χ1v) is 9.81. The average molecular weight is 392 g/mol. The number of thiophene rings is 1. The number of benzene rings is 1.